The fraction of sp³-hybridized carbons (Fsp3) is 0.0714. The number of hydrogen-bond acceptors (Lipinski definition) is 2. The maximum Gasteiger partial charge on any atom is 0.243 e. The lowest BCUT2D eigenvalue weighted by molar-refractivity contribution is -0.114. The van der Waals surface area contributed by atoms with Gasteiger partial charge in [0.15, 0.2) is 0 Å². The highest BCUT2D eigenvalue weighted by Crippen LogP contribution is 2.22. The van der Waals surface area contributed by atoms with Crippen LogP contribution < -0.4 is 10.6 Å². The van der Waals surface area contributed by atoms with Crippen LogP contribution in [-0.2, 0) is 4.79 Å². The third-order valence-electron chi connectivity index (χ3n) is 2.50. The first-order valence-corrected chi connectivity index (χ1v) is 7.37. The summed E-state index contributed by atoms with van der Waals surface area (Å²) in [6, 6.07) is 11.5. The normalized spacial score (nSPS) is 10.2. The molecule has 2 N–H and O–H groups in total. The number of halogens is 3. The van der Waals surface area contributed by atoms with E-state index in [2.05, 4.69) is 42.5 Å². The Kier molecular flexibility index (Phi) is 5.14. The van der Waals surface area contributed by atoms with E-state index in [1.807, 2.05) is 12.1 Å². The summed E-state index contributed by atoms with van der Waals surface area (Å²) in [6.45, 7) is 0.0975. The fourth-order valence-corrected chi connectivity index (χ4v) is 2.30. The molecule has 0 saturated carbocycles. The van der Waals surface area contributed by atoms with E-state index in [1.54, 1.807) is 18.2 Å². The summed E-state index contributed by atoms with van der Waals surface area (Å²) in [5.41, 5.74) is 1.38. The molecule has 2 rings (SSSR count). The number of carbonyl (C=O) groups excluding carboxylic acids is 1. The monoisotopic (exact) mass is 400 g/mol. The summed E-state index contributed by atoms with van der Waals surface area (Å²) < 4.78 is 14.5. The third kappa shape index (κ3) is 4.31. The molecule has 2 aromatic carbocycles. The van der Waals surface area contributed by atoms with Crippen molar-refractivity contribution in [3.05, 3.63) is 57.2 Å². The van der Waals surface area contributed by atoms with Crippen molar-refractivity contribution in [1.82, 2.24) is 0 Å². The van der Waals surface area contributed by atoms with Gasteiger partial charge in [-0.25, -0.2) is 4.39 Å². The number of rotatable bonds is 4. The molecule has 0 atom stereocenters. The molecule has 0 saturated heterocycles. The molecule has 6 heteroatoms. The highest BCUT2D eigenvalue weighted by molar-refractivity contribution is 9.10. The average molecular weight is 402 g/mol. The summed E-state index contributed by atoms with van der Waals surface area (Å²) in [7, 11) is 0. The molecule has 0 aromatic heterocycles. The standard InChI is InChI=1S/C14H11Br2FN2O/c15-9-1-4-11(5-2-9)19-14(20)8-18-13-6-3-10(17)7-12(13)16/h1-7,18H,8H2,(H,19,20). The second kappa shape index (κ2) is 6.85. The molecule has 0 aliphatic carbocycles. The van der Waals surface area contributed by atoms with Crippen molar-refractivity contribution in [3.8, 4) is 0 Å². The zero-order valence-corrected chi connectivity index (χ0v) is 13.5. The lowest BCUT2D eigenvalue weighted by Crippen LogP contribution is -2.21. The number of nitrogens with one attached hydrogen (secondary N) is 2. The van der Waals surface area contributed by atoms with Crippen LogP contribution >= 0.6 is 31.9 Å². The minimum Gasteiger partial charge on any atom is -0.375 e. The Bertz CT molecular complexity index is 617. The Labute approximate surface area is 132 Å². The second-order valence-electron chi connectivity index (χ2n) is 4.03. The Balaban J connectivity index is 1.90. The number of hydrogen-bond donors (Lipinski definition) is 2. The number of benzene rings is 2. The van der Waals surface area contributed by atoms with E-state index in [1.165, 1.54) is 12.1 Å². The Morgan fingerprint density at radius 2 is 1.80 bits per heavy atom. The lowest BCUT2D eigenvalue weighted by atomic mass is 10.3. The van der Waals surface area contributed by atoms with Gasteiger partial charge in [0.1, 0.15) is 5.82 Å². The molecule has 3 nitrogen and oxygen atoms in total. The first-order valence-electron chi connectivity index (χ1n) is 5.79. The zero-order chi connectivity index (χ0) is 14.5. The Morgan fingerprint density at radius 3 is 2.45 bits per heavy atom. The third-order valence-corrected chi connectivity index (χ3v) is 3.68. The van der Waals surface area contributed by atoms with Crippen LogP contribution in [-0.4, -0.2) is 12.5 Å². The molecule has 0 aliphatic heterocycles. The maximum atomic E-state index is 12.9. The molecule has 0 heterocycles. The van der Waals surface area contributed by atoms with Gasteiger partial charge in [-0.05, 0) is 58.4 Å². The van der Waals surface area contributed by atoms with Crippen molar-refractivity contribution in [1.29, 1.82) is 0 Å². The van der Waals surface area contributed by atoms with E-state index >= 15 is 0 Å². The molecule has 0 radical (unpaired) electrons. The minimum atomic E-state index is -0.332. The van der Waals surface area contributed by atoms with Gasteiger partial charge < -0.3 is 10.6 Å². The SMILES string of the molecule is O=C(CNc1ccc(F)cc1Br)Nc1ccc(Br)cc1. The van der Waals surface area contributed by atoms with Crippen molar-refractivity contribution in [2.45, 2.75) is 0 Å². The summed E-state index contributed by atoms with van der Waals surface area (Å²) in [6.07, 6.45) is 0. The summed E-state index contributed by atoms with van der Waals surface area (Å²) in [4.78, 5) is 11.8. The molecule has 104 valence electrons. The van der Waals surface area contributed by atoms with Crippen molar-refractivity contribution >= 4 is 49.1 Å². The minimum absolute atomic E-state index is 0.0975. The van der Waals surface area contributed by atoms with E-state index in [-0.39, 0.29) is 18.3 Å². The van der Waals surface area contributed by atoms with Gasteiger partial charge in [0.05, 0.1) is 6.54 Å². The second-order valence-corrected chi connectivity index (χ2v) is 5.80. The summed E-state index contributed by atoms with van der Waals surface area (Å²) in [5, 5.41) is 5.70. The number of amides is 1. The van der Waals surface area contributed by atoms with Gasteiger partial charge in [0.2, 0.25) is 5.91 Å². The molecule has 0 unspecified atom stereocenters. The molecule has 0 fully saturated rings. The first-order chi connectivity index (χ1) is 9.54. The van der Waals surface area contributed by atoms with E-state index < -0.39 is 0 Å². The van der Waals surface area contributed by atoms with Crippen LogP contribution in [0.1, 0.15) is 0 Å². The summed E-state index contributed by atoms with van der Waals surface area (Å²) >= 11 is 6.56. The predicted octanol–water partition coefficient (Wildman–Crippen LogP) is 4.40. The zero-order valence-electron chi connectivity index (χ0n) is 10.3. The van der Waals surface area contributed by atoms with Crippen LogP contribution in [0.4, 0.5) is 15.8 Å². The van der Waals surface area contributed by atoms with Crippen LogP contribution in [0.5, 0.6) is 0 Å². The number of carbonyl (C=O) groups is 1. The van der Waals surface area contributed by atoms with Crippen molar-refractivity contribution in [2.75, 3.05) is 17.2 Å². The predicted molar refractivity (Wildman–Crippen MR) is 85.4 cm³/mol. The summed E-state index contributed by atoms with van der Waals surface area (Å²) in [5.74, 6) is -0.509. The van der Waals surface area contributed by atoms with Gasteiger partial charge in [-0.3, -0.25) is 4.79 Å². The van der Waals surface area contributed by atoms with Crippen LogP contribution in [0, 0.1) is 5.82 Å². The van der Waals surface area contributed by atoms with Crippen LogP contribution in [0.25, 0.3) is 0 Å². The Morgan fingerprint density at radius 1 is 1.10 bits per heavy atom. The maximum absolute atomic E-state index is 12.9. The topological polar surface area (TPSA) is 41.1 Å². The molecule has 0 aliphatic rings. The number of anilines is 2. The largest absolute Gasteiger partial charge is 0.375 e. The smallest absolute Gasteiger partial charge is 0.243 e. The fourth-order valence-electron chi connectivity index (χ4n) is 1.55. The van der Waals surface area contributed by atoms with Crippen LogP contribution in [0.3, 0.4) is 0 Å². The van der Waals surface area contributed by atoms with E-state index in [0.717, 1.165) is 10.2 Å². The molecule has 20 heavy (non-hydrogen) atoms. The van der Waals surface area contributed by atoms with Crippen molar-refractivity contribution in [3.63, 3.8) is 0 Å². The van der Waals surface area contributed by atoms with E-state index in [9.17, 15) is 9.18 Å². The first kappa shape index (κ1) is 15.0. The van der Waals surface area contributed by atoms with Crippen molar-refractivity contribution in [2.24, 2.45) is 0 Å². The average Bonchev–Trinajstić information content (AvgIpc) is 2.40. The van der Waals surface area contributed by atoms with Crippen LogP contribution in [0.2, 0.25) is 0 Å². The quantitative estimate of drug-likeness (QED) is 0.797. The molecule has 2 aromatic rings. The van der Waals surface area contributed by atoms with Gasteiger partial charge >= 0.3 is 0 Å². The van der Waals surface area contributed by atoms with E-state index in [0.29, 0.717) is 10.2 Å². The molecule has 0 spiro atoms. The van der Waals surface area contributed by atoms with Gasteiger partial charge in [-0.15, -0.1) is 0 Å². The van der Waals surface area contributed by atoms with Gasteiger partial charge in [0, 0.05) is 20.3 Å². The molecular formula is C14H11Br2FN2O. The van der Waals surface area contributed by atoms with Gasteiger partial charge in [0.25, 0.3) is 0 Å². The highest BCUT2D eigenvalue weighted by atomic mass is 79.9. The lowest BCUT2D eigenvalue weighted by Gasteiger charge is -2.09. The highest BCUT2D eigenvalue weighted by Gasteiger charge is 2.05. The van der Waals surface area contributed by atoms with Crippen LogP contribution in [0.15, 0.2) is 51.4 Å². The molecule has 0 bridgehead atoms. The Hall–Kier alpha value is -1.40. The van der Waals surface area contributed by atoms with Crippen molar-refractivity contribution < 1.29 is 9.18 Å². The molecule has 1 amide bonds. The van der Waals surface area contributed by atoms with E-state index in [4.69, 9.17) is 0 Å². The van der Waals surface area contributed by atoms with Gasteiger partial charge in [-0.1, -0.05) is 15.9 Å². The molecular weight excluding hydrogens is 391 g/mol. The van der Waals surface area contributed by atoms with Gasteiger partial charge in [-0.2, -0.15) is 0 Å².